The lowest BCUT2D eigenvalue weighted by molar-refractivity contribution is 0.622. The van der Waals surface area contributed by atoms with Crippen molar-refractivity contribution in [2.45, 2.75) is 20.8 Å². The summed E-state index contributed by atoms with van der Waals surface area (Å²) >= 11 is 9.47. The van der Waals surface area contributed by atoms with Crippen molar-refractivity contribution < 1.29 is 4.39 Å². The number of nitrogens with zero attached hydrogens (tertiary/aromatic N) is 1. The van der Waals surface area contributed by atoms with Crippen LogP contribution in [0.1, 0.15) is 16.8 Å². The maximum atomic E-state index is 13.6. The van der Waals surface area contributed by atoms with E-state index in [-0.39, 0.29) is 5.82 Å². The summed E-state index contributed by atoms with van der Waals surface area (Å²) in [5, 5.41) is 1.22. The van der Waals surface area contributed by atoms with E-state index >= 15 is 0 Å². The highest BCUT2D eigenvalue weighted by atomic mass is 79.9. The third kappa shape index (κ3) is 1.62. The van der Waals surface area contributed by atoms with Gasteiger partial charge in [0.2, 0.25) is 0 Å². The van der Waals surface area contributed by atoms with Gasteiger partial charge in [-0.25, -0.2) is 4.39 Å². The van der Waals surface area contributed by atoms with Crippen molar-refractivity contribution in [3.63, 3.8) is 0 Å². The van der Waals surface area contributed by atoms with Gasteiger partial charge in [-0.15, -0.1) is 0 Å². The smallest absolute Gasteiger partial charge is 0.138 e. The summed E-state index contributed by atoms with van der Waals surface area (Å²) in [6.45, 7) is 5.62. The van der Waals surface area contributed by atoms with Crippen LogP contribution < -0.4 is 0 Å². The van der Waals surface area contributed by atoms with E-state index in [4.69, 9.17) is 11.6 Å². The molecule has 1 nitrogen and oxygen atoms in total. The molecule has 0 bridgehead atoms. The van der Waals surface area contributed by atoms with Crippen LogP contribution in [-0.2, 0) is 0 Å². The van der Waals surface area contributed by atoms with Crippen molar-refractivity contribution in [2.75, 3.05) is 0 Å². The Kier molecular flexibility index (Phi) is 2.93. The summed E-state index contributed by atoms with van der Waals surface area (Å²) in [5.41, 5.74) is 3.31. The molecule has 1 aromatic carbocycles. The molecule has 0 atom stereocenters. The second kappa shape index (κ2) is 3.97. The van der Waals surface area contributed by atoms with Crippen LogP contribution in [0.3, 0.4) is 0 Å². The van der Waals surface area contributed by atoms with Crippen molar-refractivity contribution in [1.82, 2.24) is 4.98 Å². The largest absolute Gasteiger partial charge is 0.252 e. The maximum absolute atomic E-state index is 13.6. The van der Waals surface area contributed by atoms with Crippen molar-refractivity contribution in [1.29, 1.82) is 0 Å². The van der Waals surface area contributed by atoms with Crippen LogP contribution in [0, 0.1) is 26.6 Å². The molecule has 0 aliphatic rings. The fraction of sp³-hybridized carbons (Fsp3) is 0.250. The molecule has 0 saturated carbocycles. The Morgan fingerprint density at radius 3 is 2.56 bits per heavy atom. The van der Waals surface area contributed by atoms with Gasteiger partial charge in [-0.2, -0.15) is 0 Å². The van der Waals surface area contributed by atoms with Gasteiger partial charge in [0, 0.05) is 11.1 Å². The normalized spacial score (nSPS) is 11.1. The number of rotatable bonds is 0. The zero-order valence-corrected chi connectivity index (χ0v) is 11.5. The van der Waals surface area contributed by atoms with Crippen LogP contribution in [0.15, 0.2) is 10.5 Å². The lowest BCUT2D eigenvalue weighted by atomic mass is 10.1. The molecule has 4 heteroatoms. The van der Waals surface area contributed by atoms with Crippen molar-refractivity contribution in [3.8, 4) is 0 Å². The number of aromatic nitrogens is 1. The number of benzene rings is 1. The molecule has 2 rings (SSSR count). The van der Waals surface area contributed by atoms with Crippen molar-refractivity contribution in [3.05, 3.63) is 38.2 Å². The summed E-state index contributed by atoms with van der Waals surface area (Å²) in [4.78, 5) is 4.46. The molecule has 1 aromatic heterocycles. The molecular formula is C12H10BrClFN. The van der Waals surface area contributed by atoms with Gasteiger partial charge in [0.15, 0.2) is 0 Å². The lowest BCUT2D eigenvalue weighted by Crippen LogP contribution is -1.95. The highest BCUT2D eigenvalue weighted by Gasteiger charge is 2.15. The van der Waals surface area contributed by atoms with E-state index in [1.165, 1.54) is 6.07 Å². The minimum atomic E-state index is -0.308. The molecule has 1 heterocycles. The third-order valence-corrected chi connectivity index (χ3v) is 4.00. The van der Waals surface area contributed by atoms with Crippen LogP contribution in [0.4, 0.5) is 4.39 Å². The fourth-order valence-electron chi connectivity index (χ4n) is 1.68. The minimum absolute atomic E-state index is 0.308. The molecule has 0 saturated heterocycles. The summed E-state index contributed by atoms with van der Waals surface area (Å²) in [5.74, 6) is -0.308. The van der Waals surface area contributed by atoms with E-state index < -0.39 is 0 Å². The summed E-state index contributed by atoms with van der Waals surface area (Å²) < 4.78 is 14.0. The van der Waals surface area contributed by atoms with E-state index in [2.05, 4.69) is 20.9 Å². The lowest BCUT2D eigenvalue weighted by Gasteiger charge is -2.11. The molecule has 0 aliphatic heterocycles. The van der Waals surface area contributed by atoms with Gasteiger partial charge in [0.1, 0.15) is 5.82 Å². The SMILES string of the molecule is Cc1nc2c(C)cc(F)c(Br)c2c(Cl)c1C. The highest BCUT2D eigenvalue weighted by Crippen LogP contribution is 2.36. The van der Waals surface area contributed by atoms with Crippen molar-refractivity contribution in [2.24, 2.45) is 0 Å². The van der Waals surface area contributed by atoms with Gasteiger partial charge in [0.25, 0.3) is 0 Å². The Morgan fingerprint density at radius 2 is 1.94 bits per heavy atom. The fourth-order valence-corrected chi connectivity index (χ4v) is 2.62. The van der Waals surface area contributed by atoms with E-state index in [1.54, 1.807) is 0 Å². The Balaban J connectivity index is 3.07. The molecule has 0 aliphatic carbocycles. The van der Waals surface area contributed by atoms with Gasteiger partial charge in [-0.05, 0) is 53.9 Å². The Labute approximate surface area is 107 Å². The quantitative estimate of drug-likeness (QED) is 0.686. The molecule has 0 radical (unpaired) electrons. The summed E-state index contributed by atoms with van der Waals surface area (Å²) in [6.07, 6.45) is 0. The number of pyridine rings is 1. The standard InChI is InChI=1S/C12H10BrClFN/c1-5-4-8(15)10(13)9-11(14)6(2)7(3)16-12(5)9/h4H,1-3H3. The predicted molar refractivity (Wildman–Crippen MR) is 68.6 cm³/mol. The zero-order valence-electron chi connectivity index (χ0n) is 9.16. The Hall–Kier alpha value is -0.670. The first-order valence-electron chi connectivity index (χ1n) is 4.84. The van der Waals surface area contributed by atoms with Crippen LogP contribution in [-0.4, -0.2) is 4.98 Å². The van der Waals surface area contributed by atoms with Gasteiger partial charge in [0.05, 0.1) is 15.0 Å². The molecule has 16 heavy (non-hydrogen) atoms. The monoisotopic (exact) mass is 301 g/mol. The van der Waals surface area contributed by atoms with Gasteiger partial charge in [-0.3, -0.25) is 4.98 Å². The zero-order chi connectivity index (χ0) is 12.0. The van der Waals surface area contributed by atoms with Crippen LogP contribution in [0.2, 0.25) is 5.02 Å². The average molecular weight is 303 g/mol. The van der Waals surface area contributed by atoms with E-state index in [0.717, 1.165) is 22.3 Å². The first-order valence-corrected chi connectivity index (χ1v) is 6.01. The molecule has 0 N–H and O–H groups in total. The minimum Gasteiger partial charge on any atom is -0.252 e. The highest BCUT2D eigenvalue weighted by molar-refractivity contribution is 9.10. The summed E-state index contributed by atoms with van der Waals surface area (Å²) in [7, 11) is 0. The van der Waals surface area contributed by atoms with Gasteiger partial charge < -0.3 is 0 Å². The van der Waals surface area contributed by atoms with Crippen LogP contribution in [0.25, 0.3) is 10.9 Å². The maximum Gasteiger partial charge on any atom is 0.138 e. The average Bonchev–Trinajstić information content (AvgIpc) is 2.22. The Morgan fingerprint density at radius 1 is 1.31 bits per heavy atom. The molecule has 0 unspecified atom stereocenters. The summed E-state index contributed by atoms with van der Waals surface area (Å²) in [6, 6.07) is 1.46. The topological polar surface area (TPSA) is 12.9 Å². The van der Waals surface area contributed by atoms with Crippen LogP contribution >= 0.6 is 27.5 Å². The van der Waals surface area contributed by atoms with Gasteiger partial charge in [-0.1, -0.05) is 11.6 Å². The third-order valence-electron chi connectivity index (χ3n) is 2.75. The first-order chi connectivity index (χ1) is 7.43. The Bertz CT molecular complexity index is 596. The van der Waals surface area contributed by atoms with Crippen molar-refractivity contribution >= 4 is 38.4 Å². The first kappa shape index (κ1) is 11.8. The molecule has 84 valence electrons. The predicted octanol–water partition coefficient (Wildman–Crippen LogP) is 4.72. The molecule has 2 aromatic rings. The molecule has 0 spiro atoms. The second-order valence-corrected chi connectivity index (χ2v) is 5.02. The number of aryl methyl sites for hydroxylation is 2. The number of fused-ring (bicyclic) bond motifs is 1. The molecule has 0 amide bonds. The van der Waals surface area contributed by atoms with Gasteiger partial charge >= 0.3 is 0 Å². The second-order valence-electron chi connectivity index (χ2n) is 3.85. The van der Waals surface area contributed by atoms with Crippen LogP contribution in [0.5, 0.6) is 0 Å². The van der Waals surface area contributed by atoms with E-state index in [0.29, 0.717) is 14.9 Å². The number of halogens is 3. The number of hydrogen-bond donors (Lipinski definition) is 0. The molecule has 0 fully saturated rings. The molecular weight excluding hydrogens is 292 g/mol. The van der Waals surface area contributed by atoms with E-state index in [1.807, 2.05) is 20.8 Å². The van der Waals surface area contributed by atoms with E-state index in [9.17, 15) is 4.39 Å². The number of hydrogen-bond acceptors (Lipinski definition) is 1.